The molecule has 1 heterocycles. The lowest BCUT2D eigenvalue weighted by atomic mass is 10.0. The monoisotopic (exact) mass is 378 g/mol. The van der Waals surface area contributed by atoms with Crippen LogP contribution in [0.1, 0.15) is 11.1 Å². The highest BCUT2D eigenvalue weighted by Crippen LogP contribution is 2.25. The van der Waals surface area contributed by atoms with Crippen molar-refractivity contribution in [1.82, 2.24) is 4.98 Å². The first kappa shape index (κ1) is 19.0. The number of nitrogens with one attached hydrogen (secondary N) is 1. The SMILES string of the molecule is Cl.NCCc1c[nH]c2ccc(OCc3ccc(-c4ccccc4)cc3)cc12. The molecule has 4 rings (SSSR count). The summed E-state index contributed by atoms with van der Waals surface area (Å²) < 4.78 is 6.00. The maximum atomic E-state index is 6.00. The van der Waals surface area contributed by atoms with Crippen molar-refractivity contribution in [2.75, 3.05) is 6.54 Å². The van der Waals surface area contributed by atoms with E-state index in [0.29, 0.717) is 13.2 Å². The Morgan fingerprint density at radius 1 is 0.852 bits per heavy atom. The van der Waals surface area contributed by atoms with Gasteiger partial charge in [0.25, 0.3) is 0 Å². The van der Waals surface area contributed by atoms with Crippen LogP contribution in [0.25, 0.3) is 22.0 Å². The van der Waals surface area contributed by atoms with Crippen LogP contribution in [0.3, 0.4) is 0 Å². The number of fused-ring (bicyclic) bond motifs is 1. The van der Waals surface area contributed by atoms with Crippen molar-refractivity contribution in [2.24, 2.45) is 5.73 Å². The molecule has 0 unspecified atom stereocenters. The molecule has 3 nitrogen and oxygen atoms in total. The number of aromatic amines is 1. The average molecular weight is 379 g/mol. The number of rotatable bonds is 6. The molecule has 1 aromatic heterocycles. The van der Waals surface area contributed by atoms with Crippen molar-refractivity contribution in [2.45, 2.75) is 13.0 Å². The summed E-state index contributed by atoms with van der Waals surface area (Å²) in [6.07, 6.45) is 2.90. The number of H-pyrrole nitrogens is 1. The molecular formula is C23H23ClN2O. The van der Waals surface area contributed by atoms with Gasteiger partial charge in [0.05, 0.1) is 0 Å². The molecule has 0 aliphatic heterocycles. The number of halogens is 1. The second-order valence-electron chi connectivity index (χ2n) is 6.41. The fraction of sp³-hybridized carbons (Fsp3) is 0.130. The quantitative estimate of drug-likeness (QED) is 0.476. The normalized spacial score (nSPS) is 10.6. The Morgan fingerprint density at radius 3 is 2.33 bits per heavy atom. The number of ether oxygens (including phenoxy) is 1. The van der Waals surface area contributed by atoms with Crippen LogP contribution >= 0.6 is 12.4 Å². The van der Waals surface area contributed by atoms with E-state index in [0.717, 1.165) is 23.3 Å². The first-order valence-corrected chi connectivity index (χ1v) is 8.91. The van der Waals surface area contributed by atoms with Gasteiger partial charge >= 0.3 is 0 Å². The topological polar surface area (TPSA) is 51.0 Å². The third-order valence-corrected chi connectivity index (χ3v) is 4.62. The lowest BCUT2D eigenvalue weighted by Crippen LogP contribution is -2.01. The Hall–Kier alpha value is -2.75. The molecular weight excluding hydrogens is 356 g/mol. The van der Waals surface area contributed by atoms with E-state index in [1.165, 1.54) is 22.1 Å². The van der Waals surface area contributed by atoms with Gasteiger partial charge in [0.1, 0.15) is 12.4 Å². The van der Waals surface area contributed by atoms with Gasteiger partial charge in [0, 0.05) is 17.1 Å². The smallest absolute Gasteiger partial charge is 0.120 e. The molecule has 0 spiro atoms. The van der Waals surface area contributed by atoms with E-state index < -0.39 is 0 Å². The molecule has 4 heteroatoms. The zero-order valence-electron chi connectivity index (χ0n) is 15.0. The molecule has 0 aliphatic carbocycles. The van der Waals surface area contributed by atoms with Gasteiger partial charge < -0.3 is 15.5 Å². The van der Waals surface area contributed by atoms with E-state index in [4.69, 9.17) is 10.5 Å². The fourth-order valence-corrected chi connectivity index (χ4v) is 3.20. The summed E-state index contributed by atoms with van der Waals surface area (Å²) in [5.74, 6) is 0.877. The van der Waals surface area contributed by atoms with Crippen molar-refractivity contribution in [3.8, 4) is 16.9 Å². The van der Waals surface area contributed by atoms with E-state index in [-0.39, 0.29) is 12.4 Å². The van der Waals surface area contributed by atoms with Crippen LogP contribution in [0, 0.1) is 0 Å². The third kappa shape index (κ3) is 4.33. The minimum absolute atomic E-state index is 0. The second kappa shape index (κ2) is 8.76. The van der Waals surface area contributed by atoms with Crippen LogP contribution in [0.4, 0.5) is 0 Å². The molecule has 3 aromatic carbocycles. The zero-order valence-corrected chi connectivity index (χ0v) is 15.8. The minimum Gasteiger partial charge on any atom is -0.489 e. The fourth-order valence-electron chi connectivity index (χ4n) is 3.20. The Morgan fingerprint density at radius 2 is 1.59 bits per heavy atom. The Bertz CT molecular complexity index is 994. The molecule has 0 saturated carbocycles. The summed E-state index contributed by atoms with van der Waals surface area (Å²) in [6, 6.07) is 25.1. The van der Waals surface area contributed by atoms with Gasteiger partial charge in [-0.05, 0) is 53.4 Å². The van der Waals surface area contributed by atoms with E-state index in [9.17, 15) is 0 Å². The summed E-state index contributed by atoms with van der Waals surface area (Å²) >= 11 is 0. The van der Waals surface area contributed by atoms with Gasteiger partial charge in [-0.2, -0.15) is 0 Å². The lowest BCUT2D eigenvalue weighted by molar-refractivity contribution is 0.306. The molecule has 0 amide bonds. The molecule has 0 bridgehead atoms. The maximum absolute atomic E-state index is 6.00. The predicted octanol–water partition coefficient (Wildman–Crippen LogP) is 5.34. The number of hydrogen-bond acceptors (Lipinski definition) is 2. The van der Waals surface area contributed by atoms with Crippen LogP contribution in [-0.2, 0) is 13.0 Å². The first-order valence-electron chi connectivity index (χ1n) is 8.91. The standard InChI is InChI=1S/C23H22N2O.ClH/c24-13-12-20-15-25-23-11-10-21(14-22(20)23)26-16-17-6-8-19(9-7-17)18-4-2-1-3-5-18;/h1-11,14-15,25H,12-13,16,24H2;1H. The van der Waals surface area contributed by atoms with Crippen LogP contribution in [0.5, 0.6) is 5.75 Å². The molecule has 0 saturated heterocycles. The van der Waals surface area contributed by atoms with Crippen molar-refractivity contribution < 1.29 is 4.74 Å². The molecule has 3 N–H and O–H groups in total. The van der Waals surface area contributed by atoms with E-state index in [1.807, 2.05) is 18.3 Å². The summed E-state index contributed by atoms with van der Waals surface area (Å²) in [5.41, 5.74) is 11.6. The highest BCUT2D eigenvalue weighted by atomic mass is 35.5. The van der Waals surface area contributed by atoms with Gasteiger partial charge in [-0.15, -0.1) is 12.4 Å². The van der Waals surface area contributed by atoms with Gasteiger partial charge in [-0.3, -0.25) is 0 Å². The Labute approximate surface area is 165 Å². The lowest BCUT2D eigenvalue weighted by Gasteiger charge is -2.08. The van der Waals surface area contributed by atoms with Gasteiger partial charge in [0.15, 0.2) is 0 Å². The number of hydrogen-bond donors (Lipinski definition) is 2. The minimum atomic E-state index is 0. The van der Waals surface area contributed by atoms with Gasteiger partial charge in [-0.25, -0.2) is 0 Å². The molecule has 0 radical (unpaired) electrons. The Balaban J connectivity index is 0.00000210. The first-order chi connectivity index (χ1) is 12.8. The summed E-state index contributed by atoms with van der Waals surface area (Å²) in [5, 5.41) is 1.19. The number of aromatic nitrogens is 1. The highest BCUT2D eigenvalue weighted by Gasteiger charge is 2.05. The van der Waals surface area contributed by atoms with Crippen LogP contribution in [0.2, 0.25) is 0 Å². The van der Waals surface area contributed by atoms with Gasteiger partial charge in [0.2, 0.25) is 0 Å². The third-order valence-electron chi connectivity index (χ3n) is 4.62. The maximum Gasteiger partial charge on any atom is 0.120 e. The van der Waals surface area contributed by atoms with E-state index >= 15 is 0 Å². The van der Waals surface area contributed by atoms with Crippen LogP contribution in [-0.4, -0.2) is 11.5 Å². The summed E-state index contributed by atoms with van der Waals surface area (Å²) in [4.78, 5) is 3.28. The summed E-state index contributed by atoms with van der Waals surface area (Å²) in [6.45, 7) is 1.20. The molecule has 0 atom stereocenters. The van der Waals surface area contributed by atoms with Crippen molar-refractivity contribution >= 4 is 23.3 Å². The largest absolute Gasteiger partial charge is 0.489 e. The zero-order chi connectivity index (χ0) is 17.8. The average Bonchev–Trinajstić information content (AvgIpc) is 3.10. The van der Waals surface area contributed by atoms with E-state index in [1.54, 1.807) is 0 Å². The van der Waals surface area contributed by atoms with Gasteiger partial charge in [-0.1, -0.05) is 54.6 Å². The molecule has 4 aromatic rings. The van der Waals surface area contributed by atoms with Crippen molar-refractivity contribution in [3.05, 3.63) is 90.1 Å². The Kier molecular flexibility index (Phi) is 6.17. The molecule has 0 aliphatic rings. The predicted molar refractivity (Wildman–Crippen MR) is 115 cm³/mol. The highest BCUT2D eigenvalue weighted by molar-refractivity contribution is 5.85. The summed E-state index contributed by atoms with van der Waals surface area (Å²) in [7, 11) is 0. The molecule has 27 heavy (non-hydrogen) atoms. The van der Waals surface area contributed by atoms with Crippen molar-refractivity contribution in [3.63, 3.8) is 0 Å². The molecule has 138 valence electrons. The molecule has 0 fully saturated rings. The number of nitrogens with two attached hydrogens (primary N) is 1. The number of benzene rings is 3. The van der Waals surface area contributed by atoms with Crippen molar-refractivity contribution in [1.29, 1.82) is 0 Å². The van der Waals surface area contributed by atoms with E-state index in [2.05, 4.69) is 65.6 Å². The van der Waals surface area contributed by atoms with Crippen LogP contribution < -0.4 is 10.5 Å². The van der Waals surface area contributed by atoms with Crippen LogP contribution in [0.15, 0.2) is 79.0 Å². The second-order valence-corrected chi connectivity index (χ2v) is 6.41.